The summed E-state index contributed by atoms with van der Waals surface area (Å²) in [6.07, 6.45) is 0. The van der Waals surface area contributed by atoms with Gasteiger partial charge in [-0.25, -0.2) is 0 Å². The van der Waals surface area contributed by atoms with E-state index in [-0.39, 0.29) is 0 Å². The van der Waals surface area contributed by atoms with Crippen LogP contribution in [0.5, 0.6) is 0 Å². The lowest BCUT2D eigenvalue weighted by atomic mass is 10.2. The zero-order chi connectivity index (χ0) is 12.8. The molecule has 0 saturated heterocycles. The van der Waals surface area contributed by atoms with Crippen molar-refractivity contribution >= 4 is 5.69 Å². The molecule has 3 nitrogen and oxygen atoms in total. The van der Waals surface area contributed by atoms with E-state index in [4.69, 9.17) is 0 Å². The van der Waals surface area contributed by atoms with Gasteiger partial charge in [-0.05, 0) is 24.6 Å². The Balaban J connectivity index is 1.93. The van der Waals surface area contributed by atoms with Crippen LogP contribution in [0.1, 0.15) is 11.1 Å². The normalized spacial score (nSPS) is 10.8. The average Bonchev–Trinajstić information content (AvgIpc) is 2.42. The average molecular weight is 239 g/mol. The zero-order valence-corrected chi connectivity index (χ0v) is 10.7. The van der Waals surface area contributed by atoms with Crippen LogP contribution in [0.4, 0.5) is 5.69 Å². The molecule has 0 fully saturated rings. The van der Waals surface area contributed by atoms with E-state index >= 15 is 0 Å². The SMILES string of the molecule is Cc1ccc(CN=NN(C)c2ccccc2)cc1. The molecular weight excluding hydrogens is 222 g/mol. The molecule has 0 unspecified atom stereocenters. The van der Waals surface area contributed by atoms with Crippen molar-refractivity contribution in [3.63, 3.8) is 0 Å². The number of para-hydroxylation sites is 1. The van der Waals surface area contributed by atoms with Gasteiger partial charge in [0.1, 0.15) is 0 Å². The van der Waals surface area contributed by atoms with Crippen molar-refractivity contribution in [2.24, 2.45) is 10.3 Å². The first-order chi connectivity index (χ1) is 8.75. The Morgan fingerprint density at radius 2 is 1.61 bits per heavy atom. The Morgan fingerprint density at radius 1 is 0.944 bits per heavy atom. The van der Waals surface area contributed by atoms with Gasteiger partial charge in [0.15, 0.2) is 0 Å². The minimum absolute atomic E-state index is 0.609. The van der Waals surface area contributed by atoms with Crippen LogP contribution in [0, 0.1) is 6.92 Å². The molecule has 18 heavy (non-hydrogen) atoms. The first-order valence-corrected chi connectivity index (χ1v) is 5.97. The number of aryl methyl sites for hydroxylation is 1. The lowest BCUT2D eigenvalue weighted by Crippen LogP contribution is -2.06. The number of benzene rings is 2. The molecule has 0 radical (unpaired) electrons. The molecule has 2 aromatic rings. The molecule has 3 heteroatoms. The molecular formula is C15H17N3. The van der Waals surface area contributed by atoms with Crippen LogP contribution >= 0.6 is 0 Å². The minimum Gasteiger partial charge on any atom is -0.250 e. The molecule has 0 atom stereocenters. The molecule has 0 heterocycles. The molecule has 0 N–H and O–H groups in total. The van der Waals surface area contributed by atoms with Crippen molar-refractivity contribution in [2.45, 2.75) is 13.5 Å². The third-order valence-corrected chi connectivity index (χ3v) is 2.70. The number of rotatable bonds is 4. The van der Waals surface area contributed by atoms with Crippen molar-refractivity contribution in [3.05, 3.63) is 65.7 Å². The summed E-state index contributed by atoms with van der Waals surface area (Å²) in [6.45, 7) is 2.69. The summed E-state index contributed by atoms with van der Waals surface area (Å²) < 4.78 is 0. The van der Waals surface area contributed by atoms with Gasteiger partial charge in [0.2, 0.25) is 0 Å². The first kappa shape index (κ1) is 12.3. The maximum Gasteiger partial charge on any atom is 0.0870 e. The van der Waals surface area contributed by atoms with Crippen LogP contribution < -0.4 is 5.01 Å². The van der Waals surface area contributed by atoms with E-state index < -0.39 is 0 Å². The van der Waals surface area contributed by atoms with Gasteiger partial charge in [0.05, 0.1) is 12.2 Å². The van der Waals surface area contributed by atoms with Crippen LogP contribution in [0.2, 0.25) is 0 Å². The predicted octanol–water partition coefficient (Wildman–Crippen LogP) is 4.00. The summed E-state index contributed by atoms with van der Waals surface area (Å²) in [5.74, 6) is 0. The molecule has 0 spiro atoms. The Labute approximate surface area is 108 Å². The second-order valence-electron chi connectivity index (χ2n) is 4.23. The van der Waals surface area contributed by atoms with Crippen molar-refractivity contribution < 1.29 is 0 Å². The summed E-state index contributed by atoms with van der Waals surface area (Å²) in [6, 6.07) is 18.3. The Morgan fingerprint density at radius 3 is 2.28 bits per heavy atom. The first-order valence-electron chi connectivity index (χ1n) is 5.97. The third-order valence-electron chi connectivity index (χ3n) is 2.70. The van der Waals surface area contributed by atoms with Gasteiger partial charge >= 0.3 is 0 Å². The van der Waals surface area contributed by atoms with Crippen LogP contribution in [0.3, 0.4) is 0 Å². The van der Waals surface area contributed by atoms with Crippen LogP contribution in [-0.2, 0) is 6.54 Å². The van der Waals surface area contributed by atoms with E-state index in [1.54, 1.807) is 5.01 Å². The summed E-state index contributed by atoms with van der Waals surface area (Å²) in [4.78, 5) is 0. The van der Waals surface area contributed by atoms with E-state index in [1.165, 1.54) is 11.1 Å². The molecule has 0 saturated carbocycles. The van der Waals surface area contributed by atoms with Gasteiger partial charge in [-0.15, -0.1) is 0 Å². The highest BCUT2D eigenvalue weighted by Gasteiger charge is 1.96. The molecule has 0 aromatic heterocycles. The molecule has 92 valence electrons. The molecule has 0 aliphatic rings. The van der Waals surface area contributed by atoms with Crippen molar-refractivity contribution in [1.29, 1.82) is 0 Å². The van der Waals surface area contributed by atoms with Crippen LogP contribution in [-0.4, -0.2) is 7.05 Å². The Kier molecular flexibility index (Phi) is 4.07. The second-order valence-corrected chi connectivity index (χ2v) is 4.23. The number of hydrogen-bond acceptors (Lipinski definition) is 2. The van der Waals surface area contributed by atoms with Gasteiger partial charge in [0, 0.05) is 7.05 Å². The largest absolute Gasteiger partial charge is 0.250 e. The summed E-state index contributed by atoms with van der Waals surface area (Å²) >= 11 is 0. The van der Waals surface area contributed by atoms with Crippen molar-refractivity contribution in [1.82, 2.24) is 0 Å². The van der Waals surface area contributed by atoms with E-state index in [0.717, 1.165) is 5.69 Å². The summed E-state index contributed by atoms with van der Waals surface area (Å²) in [5, 5.41) is 10.1. The van der Waals surface area contributed by atoms with Gasteiger partial charge in [0.25, 0.3) is 0 Å². The quantitative estimate of drug-likeness (QED) is 0.585. The molecule has 0 bridgehead atoms. The minimum atomic E-state index is 0.609. The summed E-state index contributed by atoms with van der Waals surface area (Å²) in [7, 11) is 1.90. The third kappa shape index (κ3) is 3.42. The number of hydrogen-bond donors (Lipinski definition) is 0. The van der Waals surface area contributed by atoms with Gasteiger partial charge in [-0.3, -0.25) is 5.01 Å². The van der Waals surface area contributed by atoms with Gasteiger partial charge < -0.3 is 0 Å². The fraction of sp³-hybridized carbons (Fsp3) is 0.200. The maximum atomic E-state index is 4.20. The molecule has 0 aliphatic carbocycles. The summed E-state index contributed by atoms with van der Waals surface area (Å²) in [5.41, 5.74) is 3.47. The van der Waals surface area contributed by atoms with Crippen molar-refractivity contribution in [2.75, 3.05) is 12.1 Å². The number of nitrogens with zero attached hydrogens (tertiary/aromatic N) is 3. The number of anilines is 1. The second kappa shape index (κ2) is 5.96. The monoisotopic (exact) mass is 239 g/mol. The van der Waals surface area contributed by atoms with Gasteiger partial charge in [-0.2, -0.15) is 5.11 Å². The standard InChI is InChI=1S/C15H17N3/c1-13-8-10-14(11-9-13)12-16-17-18(2)15-6-4-3-5-7-15/h3-11H,12H2,1-2H3. The van der Waals surface area contributed by atoms with Crippen LogP contribution in [0.15, 0.2) is 64.9 Å². The topological polar surface area (TPSA) is 28.0 Å². The lowest BCUT2D eigenvalue weighted by Gasteiger charge is -2.10. The van der Waals surface area contributed by atoms with E-state index in [1.807, 2.05) is 37.4 Å². The molecule has 0 amide bonds. The zero-order valence-electron chi connectivity index (χ0n) is 10.7. The van der Waals surface area contributed by atoms with Crippen molar-refractivity contribution in [3.8, 4) is 0 Å². The Hall–Kier alpha value is -2.16. The molecule has 2 rings (SSSR count). The lowest BCUT2D eigenvalue weighted by molar-refractivity contribution is 0.833. The molecule has 2 aromatic carbocycles. The highest BCUT2D eigenvalue weighted by atomic mass is 15.5. The van der Waals surface area contributed by atoms with E-state index in [0.29, 0.717) is 6.54 Å². The Bertz CT molecular complexity index is 503. The van der Waals surface area contributed by atoms with Crippen LogP contribution in [0.25, 0.3) is 0 Å². The van der Waals surface area contributed by atoms with Gasteiger partial charge in [-0.1, -0.05) is 53.3 Å². The smallest absolute Gasteiger partial charge is 0.0870 e. The fourth-order valence-electron chi connectivity index (χ4n) is 1.60. The molecule has 0 aliphatic heterocycles. The van der Waals surface area contributed by atoms with E-state index in [2.05, 4.69) is 41.5 Å². The maximum absolute atomic E-state index is 4.20. The highest BCUT2D eigenvalue weighted by Crippen LogP contribution is 2.12. The fourth-order valence-corrected chi connectivity index (χ4v) is 1.60. The van der Waals surface area contributed by atoms with E-state index in [9.17, 15) is 0 Å². The highest BCUT2D eigenvalue weighted by molar-refractivity contribution is 5.43. The predicted molar refractivity (Wildman–Crippen MR) is 74.6 cm³/mol.